The predicted octanol–water partition coefficient (Wildman–Crippen LogP) is 1.06. The van der Waals surface area contributed by atoms with E-state index < -0.39 is 10.0 Å². The van der Waals surface area contributed by atoms with Crippen molar-refractivity contribution < 1.29 is 8.42 Å². The van der Waals surface area contributed by atoms with E-state index in [1.807, 2.05) is 6.92 Å². The first-order valence-corrected chi connectivity index (χ1v) is 7.51. The van der Waals surface area contributed by atoms with E-state index in [1.54, 1.807) is 7.05 Å². The SMILES string of the molecule is CC1CCN(S(=O)(=O)c2ccnn2C)C1CCl. The second kappa shape index (κ2) is 4.59. The molecule has 1 aliphatic rings. The smallest absolute Gasteiger partial charge is 0.256 e. The summed E-state index contributed by atoms with van der Waals surface area (Å²) in [6.07, 6.45) is 2.34. The molecule has 7 heteroatoms. The van der Waals surface area contributed by atoms with E-state index in [0.717, 1.165) is 6.42 Å². The van der Waals surface area contributed by atoms with Gasteiger partial charge in [0, 0.05) is 25.5 Å². The lowest BCUT2D eigenvalue weighted by atomic mass is 10.1. The van der Waals surface area contributed by atoms with Crippen LogP contribution >= 0.6 is 11.6 Å². The highest BCUT2D eigenvalue weighted by Crippen LogP contribution is 2.30. The van der Waals surface area contributed by atoms with E-state index in [4.69, 9.17) is 11.6 Å². The minimum atomic E-state index is -3.47. The molecule has 0 aliphatic carbocycles. The molecule has 1 aromatic rings. The van der Waals surface area contributed by atoms with Crippen LogP contribution in [0.25, 0.3) is 0 Å². The third-order valence-corrected chi connectivity index (χ3v) is 5.65. The monoisotopic (exact) mass is 277 g/mol. The molecule has 1 aliphatic heterocycles. The molecule has 0 amide bonds. The Morgan fingerprint density at radius 1 is 1.59 bits per heavy atom. The quantitative estimate of drug-likeness (QED) is 0.777. The Morgan fingerprint density at radius 3 is 2.82 bits per heavy atom. The lowest BCUT2D eigenvalue weighted by molar-refractivity contribution is 0.371. The molecule has 2 rings (SSSR count). The fraction of sp³-hybridized carbons (Fsp3) is 0.700. The summed E-state index contributed by atoms with van der Waals surface area (Å²) in [5.41, 5.74) is 0. The second-order valence-corrected chi connectivity index (χ2v) is 6.54. The number of nitrogens with zero attached hydrogens (tertiary/aromatic N) is 3. The summed E-state index contributed by atoms with van der Waals surface area (Å²) in [7, 11) is -1.84. The van der Waals surface area contributed by atoms with Crippen molar-refractivity contribution in [2.45, 2.75) is 24.4 Å². The number of hydrogen-bond donors (Lipinski definition) is 0. The van der Waals surface area contributed by atoms with Crippen molar-refractivity contribution in [3.05, 3.63) is 12.3 Å². The fourth-order valence-corrected chi connectivity index (χ4v) is 4.63. The average Bonchev–Trinajstić information content (AvgIpc) is 2.84. The molecule has 1 saturated heterocycles. The first-order chi connectivity index (χ1) is 7.98. The van der Waals surface area contributed by atoms with Crippen molar-refractivity contribution in [2.24, 2.45) is 13.0 Å². The zero-order valence-corrected chi connectivity index (χ0v) is 11.4. The Balaban J connectivity index is 2.37. The molecule has 96 valence electrons. The summed E-state index contributed by atoms with van der Waals surface area (Å²) in [6.45, 7) is 2.57. The Kier molecular flexibility index (Phi) is 3.47. The zero-order chi connectivity index (χ0) is 12.6. The van der Waals surface area contributed by atoms with Crippen LogP contribution in [0, 0.1) is 5.92 Å². The number of sulfonamides is 1. The first kappa shape index (κ1) is 12.9. The van der Waals surface area contributed by atoms with Gasteiger partial charge in [-0.15, -0.1) is 11.6 Å². The molecule has 2 unspecified atom stereocenters. The number of aryl methyl sites for hydroxylation is 1. The summed E-state index contributed by atoms with van der Waals surface area (Å²) < 4.78 is 27.8. The Bertz CT molecular complexity index is 499. The van der Waals surface area contributed by atoms with Crippen LogP contribution in [0.15, 0.2) is 17.3 Å². The van der Waals surface area contributed by atoms with Gasteiger partial charge in [0.2, 0.25) is 0 Å². The standard InChI is InChI=1S/C10H16ClN3O2S/c1-8-4-6-14(9(8)7-11)17(15,16)10-3-5-12-13(10)2/h3,5,8-9H,4,6-7H2,1-2H3. The van der Waals surface area contributed by atoms with E-state index >= 15 is 0 Å². The number of aromatic nitrogens is 2. The van der Waals surface area contributed by atoms with E-state index in [2.05, 4.69) is 5.10 Å². The first-order valence-electron chi connectivity index (χ1n) is 5.54. The zero-order valence-electron chi connectivity index (χ0n) is 9.88. The lowest BCUT2D eigenvalue weighted by Crippen LogP contribution is -2.39. The third kappa shape index (κ3) is 2.09. The lowest BCUT2D eigenvalue weighted by Gasteiger charge is -2.24. The maximum atomic E-state index is 12.4. The molecular weight excluding hydrogens is 262 g/mol. The Morgan fingerprint density at radius 2 is 2.29 bits per heavy atom. The summed E-state index contributed by atoms with van der Waals surface area (Å²) >= 11 is 5.88. The van der Waals surface area contributed by atoms with Gasteiger partial charge in [-0.05, 0) is 18.4 Å². The molecule has 5 nitrogen and oxygen atoms in total. The molecular formula is C10H16ClN3O2S. The highest BCUT2D eigenvalue weighted by Gasteiger charge is 2.40. The van der Waals surface area contributed by atoms with Gasteiger partial charge >= 0.3 is 0 Å². The highest BCUT2D eigenvalue weighted by atomic mass is 35.5. The highest BCUT2D eigenvalue weighted by molar-refractivity contribution is 7.89. The summed E-state index contributed by atoms with van der Waals surface area (Å²) in [5, 5.41) is 4.13. The molecule has 2 atom stereocenters. The summed E-state index contributed by atoms with van der Waals surface area (Å²) in [4.78, 5) is 0. The van der Waals surface area contributed by atoms with Gasteiger partial charge in [0.1, 0.15) is 0 Å². The largest absolute Gasteiger partial charge is 0.260 e. The molecule has 0 spiro atoms. The molecule has 0 saturated carbocycles. The van der Waals surface area contributed by atoms with Crippen molar-refractivity contribution in [3.63, 3.8) is 0 Å². The minimum Gasteiger partial charge on any atom is -0.256 e. The van der Waals surface area contributed by atoms with Gasteiger partial charge in [0.15, 0.2) is 5.03 Å². The molecule has 2 heterocycles. The van der Waals surface area contributed by atoms with Crippen LogP contribution in [-0.2, 0) is 17.1 Å². The second-order valence-electron chi connectivity index (χ2n) is 4.40. The average molecular weight is 278 g/mol. The van der Waals surface area contributed by atoms with Crippen LogP contribution in [0.5, 0.6) is 0 Å². The predicted molar refractivity (Wildman–Crippen MR) is 65.4 cm³/mol. The number of rotatable bonds is 3. The van der Waals surface area contributed by atoms with Crippen LogP contribution in [0.1, 0.15) is 13.3 Å². The van der Waals surface area contributed by atoms with Gasteiger partial charge in [-0.25, -0.2) is 8.42 Å². The summed E-state index contributed by atoms with van der Waals surface area (Å²) in [5.74, 6) is 0.633. The van der Waals surface area contributed by atoms with Crippen molar-refractivity contribution in [1.29, 1.82) is 0 Å². The van der Waals surface area contributed by atoms with Crippen molar-refractivity contribution in [1.82, 2.24) is 14.1 Å². The van der Waals surface area contributed by atoms with E-state index in [1.165, 1.54) is 21.3 Å². The van der Waals surface area contributed by atoms with Crippen molar-refractivity contribution >= 4 is 21.6 Å². The Labute approximate surface area is 106 Å². The number of hydrogen-bond acceptors (Lipinski definition) is 3. The van der Waals surface area contributed by atoms with Crippen molar-refractivity contribution in [2.75, 3.05) is 12.4 Å². The topological polar surface area (TPSA) is 55.2 Å². The maximum absolute atomic E-state index is 12.4. The van der Waals surface area contributed by atoms with Crippen LogP contribution < -0.4 is 0 Å². The van der Waals surface area contributed by atoms with Gasteiger partial charge in [-0.2, -0.15) is 9.40 Å². The van der Waals surface area contributed by atoms with Crippen LogP contribution in [0.3, 0.4) is 0 Å². The third-order valence-electron chi connectivity index (χ3n) is 3.34. The van der Waals surface area contributed by atoms with Gasteiger partial charge in [-0.3, -0.25) is 4.68 Å². The van der Waals surface area contributed by atoms with E-state index in [0.29, 0.717) is 18.3 Å². The molecule has 0 aromatic carbocycles. The van der Waals surface area contributed by atoms with Gasteiger partial charge in [0.05, 0.1) is 6.20 Å². The van der Waals surface area contributed by atoms with Gasteiger partial charge in [0.25, 0.3) is 10.0 Å². The van der Waals surface area contributed by atoms with E-state index in [-0.39, 0.29) is 11.1 Å². The molecule has 1 aromatic heterocycles. The fourth-order valence-electron chi connectivity index (χ4n) is 2.24. The Hall–Kier alpha value is -0.590. The van der Waals surface area contributed by atoms with Gasteiger partial charge in [-0.1, -0.05) is 6.92 Å². The van der Waals surface area contributed by atoms with Crippen LogP contribution in [0.4, 0.5) is 0 Å². The number of halogens is 1. The van der Waals surface area contributed by atoms with Crippen molar-refractivity contribution in [3.8, 4) is 0 Å². The van der Waals surface area contributed by atoms with Crippen LogP contribution in [0.2, 0.25) is 0 Å². The van der Waals surface area contributed by atoms with Gasteiger partial charge < -0.3 is 0 Å². The van der Waals surface area contributed by atoms with E-state index in [9.17, 15) is 8.42 Å². The molecule has 1 fully saturated rings. The molecule has 0 N–H and O–H groups in total. The molecule has 0 radical (unpaired) electrons. The normalized spacial score (nSPS) is 26.5. The maximum Gasteiger partial charge on any atom is 0.260 e. The minimum absolute atomic E-state index is 0.114. The summed E-state index contributed by atoms with van der Waals surface area (Å²) in [6, 6.07) is 1.40. The van der Waals surface area contributed by atoms with Crippen LogP contribution in [-0.4, -0.2) is 41.0 Å². The number of alkyl halides is 1. The molecule has 17 heavy (non-hydrogen) atoms. The molecule has 0 bridgehead atoms.